The van der Waals surface area contributed by atoms with E-state index in [-0.39, 0.29) is 5.91 Å². The summed E-state index contributed by atoms with van der Waals surface area (Å²) in [6, 6.07) is 0.610. The minimum absolute atomic E-state index is 0.0664. The lowest BCUT2D eigenvalue weighted by molar-refractivity contribution is -0.151. The molecule has 178 valence electrons. The van der Waals surface area contributed by atoms with Gasteiger partial charge < -0.3 is 19.3 Å². The van der Waals surface area contributed by atoms with Gasteiger partial charge in [0.25, 0.3) is 5.91 Å². The number of morpholine rings is 1. The first-order valence-corrected chi connectivity index (χ1v) is 11.6. The zero-order valence-electron chi connectivity index (χ0n) is 20.0. The van der Waals surface area contributed by atoms with Crippen LogP contribution >= 0.6 is 0 Å². The summed E-state index contributed by atoms with van der Waals surface area (Å²) in [4.78, 5) is 35.1. The van der Waals surface area contributed by atoms with Crippen molar-refractivity contribution in [1.29, 1.82) is 0 Å². The standard InChI is InChI=1S/C22H41N5O4/c1-21(2,3)31-20(29)23-22(4,27-14-16-30-17-15-27)19(28)26-12-10-25(11-13-26)18-6-8-24(5)9-7-18/h18H,6-17H2,1-5H3,(H,23,29)/t22-/m1/s1. The van der Waals surface area contributed by atoms with Gasteiger partial charge in [-0.2, -0.15) is 0 Å². The van der Waals surface area contributed by atoms with Crippen LogP contribution in [0.15, 0.2) is 0 Å². The summed E-state index contributed by atoms with van der Waals surface area (Å²) in [6.07, 6.45) is 1.81. The van der Waals surface area contributed by atoms with Crippen molar-refractivity contribution in [3.05, 3.63) is 0 Å². The number of likely N-dealkylation sites (tertiary alicyclic amines) is 1. The molecule has 0 aromatic heterocycles. The lowest BCUT2D eigenvalue weighted by atomic mass is 10.0. The van der Waals surface area contributed by atoms with Crippen molar-refractivity contribution < 1.29 is 19.1 Å². The Morgan fingerprint density at radius 3 is 2.03 bits per heavy atom. The molecule has 0 aliphatic carbocycles. The Morgan fingerprint density at radius 1 is 0.903 bits per heavy atom. The van der Waals surface area contributed by atoms with Crippen LogP contribution in [0.5, 0.6) is 0 Å². The van der Waals surface area contributed by atoms with Crippen LogP contribution in [0.3, 0.4) is 0 Å². The number of piperazine rings is 1. The normalized spacial score (nSPS) is 25.1. The zero-order valence-corrected chi connectivity index (χ0v) is 20.0. The zero-order chi connectivity index (χ0) is 22.6. The molecule has 0 aromatic carbocycles. The summed E-state index contributed by atoms with van der Waals surface area (Å²) in [5.41, 5.74) is -1.78. The first kappa shape index (κ1) is 24.2. The third kappa shape index (κ3) is 6.31. The van der Waals surface area contributed by atoms with Crippen LogP contribution in [0, 0.1) is 0 Å². The molecule has 2 amide bonds. The summed E-state index contributed by atoms with van der Waals surface area (Å²) in [5, 5.41) is 2.90. The number of nitrogens with one attached hydrogen (secondary N) is 1. The van der Waals surface area contributed by atoms with Gasteiger partial charge in [0.05, 0.1) is 13.2 Å². The molecule has 3 fully saturated rings. The molecule has 3 saturated heterocycles. The number of piperidine rings is 1. The third-order valence-electron chi connectivity index (χ3n) is 6.61. The van der Waals surface area contributed by atoms with E-state index in [1.54, 1.807) is 6.92 Å². The van der Waals surface area contributed by atoms with Crippen molar-refractivity contribution in [2.45, 2.75) is 57.8 Å². The highest BCUT2D eigenvalue weighted by Gasteiger charge is 2.45. The van der Waals surface area contributed by atoms with Crippen molar-refractivity contribution in [2.75, 3.05) is 72.6 Å². The summed E-state index contributed by atoms with van der Waals surface area (Å²) in [6.45, 7) is 14.9. The minimum Gasteiger partial charge on any atom is -0.444 e. The highest BCUT2D eigenvalue weighted by atomic mass is 16.6. The largest absolute Gasteiger partial charge is 0.444 e. The van der Waals surface area contributed by atoms with Crippen LogP contribution in [0.2, 0.25) is 0 Å². The van der Waals surface area contributed by atoms with Crippen LogP contribution in [0.25, 0.3) is 0 Å². The third-order valence-corrected chi connectivity index (χ3v) is 6.61. The van der Waals surface area contributed by atoms with E-state index in [0.29, 0.717) is 45.4 Å². The fourth-order valence-electron chi connectivity index (χ4n) is 4.74. The van der Waals surface area contributed by atoms with Gasteiger partial charge in [-0.05, 0) is 60.7 Å². The van der Waals surface area contributed by atoms with Gasteiger partial charge in [-0.15, -0.1) is 0 Å². The van der Waals surface area contributed by atoms with Crippen molar-refractivity contribution in [3.8, 4) is 0 Å². The number of amides is 2. The average molecular weight is 440 g/mol. The second-order valence-electron chi connectivity index (χ2n) is 10.2. The smallest absolute Gasteiger partial charge is 0.409 e. The van der Waals surface area contributed by atoms with Gasteiger partial charge in [-0.3, -0.25) is 19.9 Å². The maximum atomic E-state index is 13.7. The summed E-state index contributed by atoms with van der Waals surface area (Å²) in [5.74, 6) is -0.0664. The van der Waals surface area contributed by atoms with Gasteiger partial charge in [-0.1, -0.05) is 0 Å². The van der Waals surface area contributed by atoms with E-state index in [0.717, 1.165) is 26.2 Å². The van der Waals surface area contributed by atoms with E-state index >= 15 is 0 Å². The molecule has 0 unspecified atom stereocenters. The van der Waals surface area contributed by atoms with E-state index in [2.05, 4.69) is 22.2 Å². The number of ether oxygens (including phenoxy) is 2. The van der Waals surface area contributed by atoms with Gasteiger partial charge in [0.15, 0.2) is 5.66 Å². The van der Waals surface area contributed by atoms with Gasteiger partial charge in [0.2, 0.25) is 0 Å². The second-order valence-corrected chi connectivity index (χ2v) is 10.2. The fraction of sp³-hybridized carbons (Fsp3) is 0.909. The van der Waals surface area contributed by atoms with Gasteiger partial charge >= 0.3 is 6.09 Å². The summed E-state index contributed by atoms with van der Waals surface area (Å²) < 4.78 is 10.9. The van der Waals surface area contributed by atoms with Crippen molar-refractivity contribution in [1.82, 2.24) is 24.9 Å². The van der Waals surface area contributed by atoms with Crippen LogP contribution < -0.4 is 5.32 Å². The monoisotopic (exact) mass is 439 g/mol. The van der Waals surface area contributed by atoms with E-state index in [1.807, 2.05) is 30.6 Å². The lowest BCUT2D eigenvalue weighted by Crippen LogP contribution is -2.70. The maximum Gasteiger partial charge on any atom is 0.409 e. The predicted molar refractivity (Wildman–Crippen MR) is 119 cm³/mol. The molecule has 0 radical (unpaired) electrons. The fourth-order valence-corrected chi connectivity index (χ4v) is 4.74. The number of rotatable bonds is 4. The molecule has 31 heavy (non-hydrogen) atoms. The van der Waals surface area contributed by atoms with Gasteiger partial charge in [0, 0.05) is 45.3 Å². The molecule has 0 spiro atoms. The summed E-state index contributed by atoms with van der Waals surface area (Å²) in [7, 11) is 2.18. The number of nitrogens with zero attached hydrogens (tertiary/aromatic N) is 4. The molecule has 1 N–H and O–H groups in total. The molecule has 0 aromatic rings. The van der Waals surface area contributed by atoms with E-state index in [9.17, 15) is 9.59 Å². The highest BCUT2D eigenvalue weighted by molar-refractivity contribution is 5.89. The Hall–Kier alpha value is -1.42. The molecule has 3 rings (SSSR count). The Kier molecular flexibility index (Phi) is 7.83. The molecule has 3 aliphatic rings. The van der Waals surface area contributed by atoms with Gasteiger partial charge in [0.1, 0.15) is 5.60 Å². The van der Waals surface area contributed by atoms with E-state index < -0.39 is 17.4 Å². The number of carbonyl (C=O) groups is 2. The van der Waals surface area contributed by atoms with Crippen molar-refractivity contribution >= 4 is 12.0 Å². The van der Waals surface area contributed by atoms with E-state index in [1.165, 1.54) is 12.8 Å². The minimum atomic E-state index is -1.15. The number of hydrogen-bond acceptors (Lipinski definition) is 7. The molecule has 0 bridgehead atoms. The molecule has 3 heterocycles. The summed E-state index contributed by atoms with van der Waals surface area (Å²) >= 11 is 0. The first-order valence-electron chi connectivity index (χ1n) is 11.6. The Labute approximate surface area is 187 Å². The Bertz CT molecular complexity index is 618. The second kappa shape index (κ2) is 10.0. The Morgan fingerprint density at radius 2 is 1.48 bits per heavy atom. The van der Waals surface area contributed by atoms with Gasteiger partial charge in [-0.25, -0.2) is 4.79 Å². The van der Waals surface area contributed by atoms with Crippen LogP contribution in [0.1, 0.15) is 40.5 Å². The van der Waals surface area contributed by atoms with Crippen LogP contribution in [0.4, 0.5) is 4.79 Å². The Balaban J connectivity index is 1.64. The lowest BCUT2D eigenvalue weighted by Gasteiger charge is -2.47. The number of hydrogen-bond donors (Lipinski definition) is 1. The van der Waals surface area contributed by atoms with Crippen molar-refractivity contribution in [2.24, 2.45) is 0 Å². The molecular formula is C22H41N5O4. The molecule has 3 aliphatic heterocycles. The molecule has 1 atom stereocenters. The molecule has 9 heteroatoms. The SMILES string of the molecule is CN1CCC(N2CCN(C(=O)[C@](C)(NC(=O)OC(C)(C)C)N3CCOCC3)CC2)CC1. The number of alkyl carbamates (subject to hydrolysis) is 1. The first-order chi connectivity index (χ1) is 14.6. The molecule has 0 saturated carbocycles. The maximum absolute atomic E-state index is 13.7. The quantitative estimate of drug-likeness (QED) is 0.694. The topological polar surface area (TPSA) is 77.6 Å². The highest BCUT2D eigenvalue weighted by Crippen LogP contribution is 2.22. The van der Waals surface area contributed by atoms with Crippen LogP contribution in [-0.2, 0) is 14.3 Å². The average Bonchev–Trinajstić information content (AvgIpc) is 2.73. The molecule has 9 nitrogen and oxygen atoms in total. The predicted octanol–water partition coefficient (Wildman–Crippen LogP) is 0.798. The number of carbonyl (C=O) groups excluding carboxylic acids is 2. The van der Waals surface area contributed by atoms with E-state index in [4.69, 9.17) is 9.47 Å². The van der Waals surface area contributed by atoms with Crippen LogP contribution in [-0.4, -0.2) is 122 Å². The van der Waals surface area contributed by atoms with Crippen molar-refractivity contribution in [3.63, 3.8) is 0 Å². The molecular weight excluding hydrogens is 398 g/mol.